The minimum absolute atomic E-state index is 0.466. The zero-order valence-corrected chi connectivity index (χ0v) is 14.1. The number of aryl methyl sites for hydroxylation is 2. The maximum atomic E-state index is 5.54. The number of para-hydroxylation sites is 1. The number of hydrogen-bond acceptors (Lipinski definition) is 4. The van der Waals surface area contributed by atoms with Gasteiger partial charge in [0.2, 0.25) is 11.7 Å². The van der Waals surface area contributed by atoms with Gasteiger partial charge in [0.25, 0.3) is 0 Å². The summed E-state index contributed by atoms with van der Waals surface area (Å²) in [6, 6.07) is 17.2. The molecule has 0 saturated heterocycles. The molecule has 1 aromatic heterocycles. The van der Waals surface area contributed by atoms with Crippen molar-refractivity contribution in [3.63, 3.8) is 0 Å². The molecule has 0 unspecified atom stereocenters. The fourth-order valence-corrected chi connectivity index (χ4v) is 3.40. The molecule has 24 heavy (non-hydrogen) atoms. The van der Waals surface area contributed by atoms with Crippen LogP contribution in [0.3, 0.4) is 0 Å². The molecule has 0 fully saturated rings. The van der Waals surface area contributed by atoms with Crippen molar-refractivity contribution in [2.24, 2.45) is 0 Å². The molecule has 1 aliphatic heterocycles. The second-order valence-corrected chi connectivity index (χ2v) is 6.47. The maximum Gasteiger partial charge on any atom is 0.246 e. The summed E-state index contributed by atoms with van der Waals surface area (Å²) >= 11 is 0. The van der Waals surface area contributed by atoms with Crippen LogP contribution in [-0.4, -0.2) is 16.2 Å². The Bertz CT molecular complexity index is 855. The summed E-state index contributed by atoms with van der Waals surface area (Å²) in [5.74, 6) is 1.33. The summed E-state index contributed by atoms with van der Waals surface area (Å²) < 4.78 is 5.54. The Balaban J connectivity index is 1.62. The Kier molecular flexibility index (Phi) is 3.81. The molecular formula is C20H21N3O. The molecule has 4 nitrogen and oxygen atoms in total. The van der Waals surface area contributed by atoms with Crippen LogP contribution in [0.4, 0.5) is 5.69 Å². The molecule has 1 atom stereocenters. The van der Waals surface area contributed by atoms with Crippen LogP contribution < -0.4 is 4.90 Å². The van der Waals surface area contributed by atoms with Crippen molar-refractivity contribution in [1.82, 2.24) is 10.1 Å². The Morgan fingerprint density at radius 2 is 1.92 bits per heavy atom. The highest BCUT2D eigenvalue weighted by Gasteiger charge is 2.24. The largest absolute Gasteiger partial charge is 0.359 e. The second-order valence-electron chi connectivity index (χ2n) is 6.47. The van der Waals surface area contributed by atoms with Gasteiger partial charge < -0.3 is 9.42 Å². The van der Waals surface area contributed by atoms with Crippen molar-refractivity contribution in [3.05, 3.63) is 65.5 Å². The molecule has 1 aliphatic rings. The average Bonchev–Trinajstić information content (AvgIpc) is 3.06. The summed E-state index contributed by atoms with van der Waals surface area (Å²) in [7, 11) is 0. The van der Waals surface area contributed by atoms with Crippen molar-refractivity contribution < 1.29 is 4.52 Å². The Labute approximate surface area is 142 Å². The van der Waals surface area contributed by atoms with Crippen LogP contribution in [0.2, 0.25) is 0 Å². The van der Waals surface area contributed by atoms with Crippen molar-refractivity contribution in [1.29, 1.82) is 0 Å². The van der Waals surface area contributed by atoms with Gasteiger partial charge in [-0.25, -0.2) is 0 Å². The van der Waals surface area contributed by atoms with Gasteiger partial charge in [0, 0.05) is 17.3 Å². The Morgan fingerprint density at radius 3 is 2.79 bits per heavy atom. The van der Waals surface area contributed by atoms with E-state index >= 15 is 0 Å². The molecule has 0 aliphatic carbocycles. The van der Waals surface area contributed by atoms with E-state index in [2.05, 4.69) is 59.2 Å². The smallest absolute Gasteiger partial charge is 0.246 e. The molecule has 4 heteroatoms. The first-order chi connectivity index (χ1) is 11.7. The lowest BCUT2D eigenvalue weighted by molar-refractivity contribution is 0.369. The molecular weight excluding hydrogens is 298 g/mol. The third kappa shape index (κ3) is 2.68. The molecule has 0 saturated carbocycles. The van der Waals surface area contributed by atoms with Gasteiger partial charge in [0.05, 0.1) is 6.54 Å². The van der Waals surface area contributed by atoms with E-state index in [0.29, 0.717) is 24.3 Å². The van der Waals surface area contributed by atoms with E-state index in [4.69, 9.17) is 4.52 Å². The quantitative estimate of drug-likeness (QED) is 0.718. The van der Waals surface area contributed by atoms with E-state index < -0.39 is 0 Å². The van der Waals surface area contributed by atoms with Crippen LogP contribution in [0, 0.1) is 6.92 Å². The average molecular weight is 319 g/mol. The van der Waals surface area contributed by atoms with Crippen LogP contribution in [0.15, 0.2) is 53.1 Å². The first-order valence-electron chi connectivity index (χ1n) is 8.45. The predicted molar refractivity (Wildman–Crippen MR) is 94.9 cm³/mol. The fourth-order valence-electron chi connectivity index (χ4n) is 3.40. The van der Waals surface area contributed by atoms with Gasteiger partial charge in [0.15, 0.2) is 0 Å². The van der Waals surface area contributed by atoms with Crippen molar-refractivity contribution in [2.45, 2.75) is 39.3 Å². The number of nitrogens with zero attached hydrogens (tertiary/aromatic N) is 3. The van der Waals surface area contributed by atoms with Gasteiger partial charge in [-0.1, -0.05) is 47.6 Å². The molecule has 2 aromatic carbocycles. The van der Waals surface area contributed by atoms with Crippen molar-refractivity contribution in [2.75, 3.05) is 4.90 Å². The number of fused-ring (bicyclic) bond motifs is 1. The molecule has 122 valence electrons. The molecule has 0 spiro atoms. The van der Waals surface area contributed by atoms with Gasteiger partial charge in [-0.3, -0.25) is 0 Å². The fraction of sp³-hybridized carbons (Fsp3) is 0.300. The van der Waals surface area contributed by atoms with Crippen LogP contribution in [0.5, 0.6) is 0 Å². The number of anilines is 1. The third-order valence-electron chi connectivity index (χ3n) is 4.82. The lowest BCUT2D eigenvalue weighted by Gasteiger charge is -2.36. The summed E-state index contributed by atoms with van der Waals surface area (Å²) in [5.41, 5.74) is 4.86. The summed E-state index contributed by atoms with van der Waals surface area (Å²) in [6.07, 6.45) is 2.28. The zero-order valence-electron chi connectivity index (χ0n) is 14.1. The van der Waals surface area contributed by atoms with Gasteiger partial charge >= 0.3 is 0 Å². The monoisotopic (exact) mass is 319 g/mol. The van der Waals surface area contributed by atoms with Crippen LogP contribution >= 0.6 is 0 Å². The number of benzene rings is 2. The molecule has 0 N–H and O–H groups in total. The van der Waals surface area contributed by atoms with Gasteiger partial charge in [-0.05, 0) is 43.9 Å². The van der Waals surface area contributed by atoms with E-state index in [1.165, 1.54) is 11.3 Å². The third-order valence-corrected chi connectivity index (χ3v) is 4.82. The highest BCUT2D eigenvalue weighted by atomic mass is 16.5. The summed E-state index contributed by atoms with van der Waals surface area (Å²) in [5, 5.41) is 4.18. The lowest BCUT2D eigenvalue weighted by atomic mass is 9.97. The van der Waals surface area contributed by atoms with E-state index in [9.17, 15) is 0 Å². The van der Waals surface area contributed by atoms with E-state index in [0.717, 1.165) is 24.0 Å². The van der Waals surface area contributed by atoms with Crippen LogP contribution in [0.1, 0.15) is 30.4 Å². The SMILES string of the molecule is Cc1ccccc1-c1noc(CN2c3ccccc3CC[C@@H]2C)n1. The molecule has 4 rings (SSSR count). The second kappa shape index (κ2) is 6.11. The predicted octanol–water partition coefficient (Wildman–Crippen LogP) is 4.39. The Hall–Kier alpha value is -2.62. The topological polar surface area (TPSA) is 42.2 Å². The van der Waals surface area contributed by atoms with Gasteiger partial charge in [-0.2, -0.15) is 4.98 Å². The highest BCUT2D eigenvalue weighted by Crippen LogP contribution is 2.31. The zero-order chi connectivity index (χ0) is 16.5. The van der Waals surface area contributed by atoms with Crippen LogP contribution in [-0.2, 0) is 13.0 Å². The number of hydrogen-bond donors (Lipinski definition) is 0. The van der Waals surface area contributed by atoms with E-state index in [1.807, 2.05) is 18.2 Å². The standard InChI is InChI=1S/C20H21N3O/c1-14-7-3-5-9-17(14)20-21-19(24-22-20)13-23-15(2)11-12-16-8-4-6-10-18(16)23/h3-10,15H,11-13H2,1-2H3/t15-/m0/s1. The van der Waals surface area contributed by atoms with Gasteiger partial charge in [-0.15, -0.1) is 0 Å². The molecule has 0 radical (unpaired) electrons. The minimum atomic E-state index is 0.466. The first kappa shape index (κ1) is 14.9. The number of rotatable bonds is 3. The Morgan fingerprint density at radius 1 is 1.12 bits per heavy atom. The van der Waals surface area contributed by atoms with E-state index in [1.54, 1.807) is 0 Å². The molecule has 0 bridgehead atoms. The lowest BCUT2D eigenvalue weighted by Crippen LogP contribution is -2.36. The summed E-state index contributed by atoms with van der Waals surface area (Å²) in [4.78, 5) is 6.99. The highest BCUT2D eigenvalue weighted by molar-refractivity contribution is 5.59. The summed E-state index contributed by atoms with van der Waals surface area (Å²) in [6.45, 7) is 4.97. The van der Waals surface area contributed by atoms with Crippen LogP contribution in [0.25, 0.3) is 11.4 Å². The molecule has 0 amide bonds. The van der Waals surface area contributed by atoms with Gasteiger partial charge in [0.1, 0.15) is 0 Å². The normalized spacial score (nSPS) is 16.9. The van der Waals surface area contributed by atoms with Crippen molar-refractivity contribution >= 4 is 5.69 Å². The first-order valence-corrected chi connectivity index (χ1v) is 8.45. The molecule has 3 aromatic rings. The molecule has 2 heterocycles. The maximum absolute atomic E-state index is 5.54. The minimum Gasteiger partial charge on any atom is -0.359 e. The number of aromatic nitrogens is 2. The van der Waals surface area contributed by atoms with Crippen molar-refractivity contribution in [3.8, 4) is 11.4 Å². The van der Waals surface area contributed by atoms with E-state index in [-0.39, 0.29) is 0 Å².